The summed E-state index contributed by atoms with van der Waals surface area (Å²) in [7, 11) is 0. The Bertz CT molecular complexity index is 305. The van der Waals surface area contributed by atoms with Crippen LogP contribution in [0.3, 0.4) is 0 Å². The summed E-state index contributed by atoms with van der Waals surface area (Å²) in [5, 5.41) is 11.8. The summed E-state index contributed by atoms with van der Waals surface area (Å²) in [6.07, 6.45) is 5.54. The second kappa shape index (κ2) is 3.74. The Kier molecular flexibility index (Phi) is 2.62. The lowest BCUT2D eigenvalue weighted by Gasteiger charge is -2.24. The number of halogens is 1. The van der Waals surface area contributed by atoms with Crippen LogP contribution in [0.25, 0.3) is 0 Å². The Morgan fingerprint density at radius 3 is 3.00 bits per heavy atom. The highest BCUT2D eigenvalue weighted by atomic mass is 79.9. The number of quaternary nitrogens is 1. The number of rotatable bonds is 1. The monoisotopic (exact) mass is 242 g/mol. The number of hydrogen-bond donors (Lipinski definition) is 1. The molecule has 4 heteroatoms. The first-order valence-corrected chi connectivity index (χ1v) is 5.20. The molecular weight excluding hydrogens is 232 g/mol. The van der Waals surface area contributed by atoms with Crippen LogP contribution in [0.15, 0.2) is 22.9 Å². The highest BCUT2D eigenvalue weighted by Crippen LogP contribution is 2.20. The fourth-order valence-electron chi connectivity index (χ4n) is 1.79. The molecule has 2 rings (SSSR count). The molecular formula is C9H11BrN2O. The third kappa shape index (κ3) is 1.90. The van der Waals surface area contributed by atoms with E-state index in [1.54, 1.807) is 12.4 Å². The van der Waals surface area contributed by atoms with Gasteiger partial charge >= 0.3 is 0 Å². The molecule has 0 saturated carbocycles. The van der Waals surface area contributed by atoms with Crippen LogP contribution in [0.4, 0.5) is 0 Å². The summed E-state index contributed by atoms with van der Waals surface area (Å²) in [6.45, 7) is 0.733. The van der Waals surface area contributed by atoms with Gasteiger partial charge in [0.1, 0.15) is 6.04 Å². The van der Waals surface area contributed by atoms with Crippen molar-refractivity contribution in [3.8, 4) is 0 Å². The van der Waals surface area contributed by atoms with E-state index in [2.05, 4.69) is 20.9 Å². The Labute approximate surface area is 85.5 Å². The Balaban J connectivity index is 2.24. The molecule has 0 spiro atoms. The third-order valence-electron chi connectivity index (χ3n) is 2.43. The molecule has 1 aromatic rings. The second-order valence-electron chi connectivity index (χ2n) is 3.35. The van der Waals surface area contributed by atoms with E-state index in [1.807, 2.05) is 6.07 Å². The van der Waals surface area contributed by atoms with E-state index in [0.29, 0.717) is 5.06 Å². The van der Waals surface area contributed by atoms with Gasteiger partial charge in [0.15, 0.2) is 0 Å². The van der Waals surface area contributed by atoms with E-state index in [1.165, 1.54) is 0 Å². The molecule has 13 heavy (non-hydrogen) atoms. The van der Waals surface area contributed by atoms with Gasteiger partial charge in [0.05, 0.1) is 6.54 Å². The zero-order chi connectivity index (χ0) is 9.26. The van der Waals surface area contributed by atoms with Gasteiger partial charge in [0, 0.05) is 35.3 Å². The molecule has 70 valence electrons. The van der Waals surface area contributed by atoms with Gasteiger partial charge in [-0.2, -0.15) is 0 Å². The SMILES string of the molecule is [O-][NH+]1CCC[C@@H]1c1cncc(Br)c1. The third-order valence-corrected chi connectivity index (χ3v) is 2.87. The smallest absolute Gasteiger partial charge is 0.115 e. The molecule has 0 radical (unpaired) electrons. The van der Waals surface area contributed by atoms with Crippen molar-refractivity contribution in [1.29, 1.82) is 0 Å². The van der Waals surface area contributed by atoms with Gasteiger partial charge < -0.3 is 10.3 Å². The molecule has 1 fully saturated rings. The fourth-order valence-corrected chi connectivity index (χ4v) is 2.17. The van der Waals surface area contributed by atoms with Crippen LogP contribution in [0.1, 0.15) is 24.4 Å². The normalized spacial score (nSPS) is 27.8. The maximum Gasteiger partial charge on any atom is 0.115 e. The van der Waals surface area contributed by atoms with Crippen LogP contribution in [-0.2, 0) is 0 Å². The lowest BCUT2D eigenvalue weighted by atomic mass is 10.1. The number of nitrogens with one attached hydrogen (secondary N) is 1. The van der Waals surface area contributed by atoms with E-state index in [4.69, 9.17) is 0 Å². The quantitative estimate of drug-likeness (QED) is 0.749. The predicted octanol–water partition coefficient (Wildman–Crippen LogP) is 1.06. The van der Waals surface area contributed by atoms with Crippen molar-refractivity contribution in [2.75, 3.05) is 6.54 Å². The minimum atomic E-state index is 0.102. The molecule has 0 amide bonds. The van der Waals surface area contributed by atoms with Crippen molar-refractivity contribution in [3.05, 3.63) is 33.7 Å². The van der Waals surface area contributed by atoms with E-state index in [-0.39, 0.29) is 6.04 Å². The van der Waals surface area contributed by atoms with Crippen LogP contribution < -0.4 is 5.06 Å². The molecule has 1 aliphatic heterocycles. The van der Waals surface area contributed by atoms with Crippen molar-refractivity contribution < 1.29 is 5.06 Å². The summed E-state index contributed by atoms with van der Waals surface area (Å²) in [4.78, 5) is 4.06. The highest BCUT2D eigenvalue weighted by Gasteiger charge is 2.24. The van der Waals surface area contributed by atoms with Crippen LogP contribution in [0.5, 0.6) is 0 Å². The molecule has 1 aromatic heterocycles. The maximum atomic E-state index is 11.4. The molecule has 2 heterocycles. The lowest BCUT2D eigenvalue weighted by molar-refractivity contribution is -0.867. The van der Waals surface area contributed by atoms with Crippen molar-refractivity contribution in [2.45, 2.75) is 18.9 Å². The zero-order valence-corrected chi connectivity index (χ0v) is 8.75. The number of hydroxylamine groups is 2. The molecule has 0 bridgehead atoms. The Morgan fingerprint density at radius 2 is 2.38 bits per heavy atom. The van der Waals surface area contributed by atoms with E-state index in [0.717, 1.165) is 29.4 Å². The highest BCUT2D eigenvalue weighted by molar-refractivity contribution is 9.10. The van der Waals surface area contributed by atoms with E-state index in [9.17, 15) is 5.21 Å². The summed E-state index contributed by atoms with van der Waals surface area (Å²) in [5.41, 5.74) is 1.05. The van der Waals surface area contributed by atoms with Crippen molar-refractivity contribution in [3.63, 3.8) is 0 Å². The lowest BCUT2D eigenvalue weighted by Crippen LogP contribution is -3.05. The van der Waals surface area contributed by atoms with Crippen LogP contribution >= 0.6 is 15.9 Å². The van der Waals surface area contributed by atoms with Crippen molar-refractivity contribution in [2.24, 2.45) is 0 Å². The first-order valence-electron chi connectivity index (χ1n) is 4.40. The molecule has 0 aliphatic carbocycles. The maximum absolute atomic E-state index is 11.4. The van der Waals surface area contributed by atoms with Gasteiger partial charge in [-0.25, -0.2) is 0 Å². The first kappa shape index (κ1) is 9.12. The van der Waals surface area contributed by atoms with Crippen molar-refractivity contribution in [1.82, 2.24) is 4.98 Å². The summed E-state index contributed by atoms with van der Waals surface area (Å²) >= 11 is 3.36. The average Bonchev–Trinajstić information content (AvgIpc) is 2.51. The Hall–Kier alpha value is -0.450. The van der Waals surface area contributed by atoms with Gasteiger partial charge in [0.25, 0.3) is 0 Å². The van der Waals surface area contributed by atoms with Gasteiger partial charge in [-0.3, -0.25) is 4.98 Å². The average molecular weight is 243 g/mol. The summed E-state index contributed by atoms with van der Waals surface area (Å²) < 4.78 is 0.949. The summed E-state index contributed by atoms with van der Waals surface area (Å²) in [6, 6.07) is 2.09. The van der Waals surface area contributed by atoms with Gasteiger partial charge in [0.2, 0.25) is 0 Å². The van der Waals surface area contributed by atoms with E-state index >= 15 is 0 Å². The topological polar surface area (TPSA) is 40.4 Å². The second-order valence-corrected chi connectivity index (χ2v) is 4.26. The Morgan fingerprint density at radius 1 is 1.54 bits per heavy atom. The molecule has 1 saturated heterocycles. The number of nitrogens with zero attached hydrogens (tertiary/aromatic N) is 1. The molecule has 1 N–H and O–H groups in total. The molecule has 1 aliphatic rings. The molecule has 0 aromatic carbocycles. The van der Waals surface area contributed by atoms with Gasteiger partial charge in [-0.05, 0) is 22.0 Å². The van der Waals surface area contributed by atoms with E-state index < -0.39 is 0 Å². The zero-order valence-electron chi connectivity index (χ0n) is 7.16. The minimum Gasteiger partial charge on any atom is -0.634 e. The standard InChI is InChI=1S/C9H11BrN2O/c10-8-4-7(5-11-6-8)9-2-1-3-12(9)13/h4-6,9,12H,1-3H2/t9-/m1/s1. The number of aromatic nitrogens is 1. The minimum absolute atomic E-state index is 0.102. The summed E-state index contributed by atoms with van der Waals surface area (Å²) in [5.74, 6) is 0. The molecule has 1 unspecified atom stereocenters. The van der Waals surface area contributed by atoms with Gasteiger partial charge in [-0.1, -0.05) is 0 Å². The predicted molar refractivity (Wildman–Crippen MR) is 53.1 cm³/mol. The van der Waals surface area contributed by atoms with Gasteiger partial charge in [-0.15, -0.1) is 0 Å². The molecule has 2 atom stereocenters. The molecule has 3 nitrogen and oxygen atoms in total. The van der Waals surface area contributed by atoms with Crippen molar-refractivity contribution >= 4 is 15.9 Å². The van der Waals surface area contributed by atoms with Crippen LogP contribution in [0.2, 0.25) is 0 Å². The fraction of sp³-hybridized carbons (Fsp3) is 0.444. The number of pyridine rings is 1. The number of hydrogen-bond acceptors (Lipinski definition) is 2. The first-order chi connectivity index (χ1) is 6.27. The van der Waals surface area contributed by atoms with Crippen LogP contribution in [-0.4, -0.2) is 11.5 Å². The van der Waals surface area contributed by atoms with Crippen LogP contribution in [0, 0.1) is 5.21 Å². The largest absolute Gasteiger partial charge is 0.634 e.